The summed E-state index contributed by atoms with van der Waals surface area (Å²) in [5.41, 5.74) is -0.590. The van der Waals surface area contributed by atoms with Gasteiger partial charge in [-0.1, -0.05) is 6.08 Å². The van der Waals surface area contributed by atoms with Gasteiger partial charge in [0.05, 0.1) is 18.9 Å². The first-order valence-electron chi connectivity index (χ1n) is 6.39. The molecule has 1 N–H and O–H groups in total. The number of carbonyl (C=O) groups excluding carboxylic acids is 1. The predicted octanol–water partition coefficient (Wildman–Crippen LogP) is 2.40. The van der Waals surface area contributed by atoms with Crippen LogP contribution in [0.4, 0.5) is 0 Å². The van der Waals surface area contributed by atoms with Gasteiger partial charge in [-0.3, -0.25) is 9.59 Å². The molecular weight excluding hydrogens is 248 g/mol. The zero-order chi connectivity index (χ0) is 14.9. The third-order valence-electron chi connectivity index (χ3n) is 2.26. The van der Waals surface area contributed by atoms with Crippen LogP contribution in [-0.4, -0.2) is 35.9 Å². The fraction of sp³-hybridized carbons (Fsp3) is 0.714. The second-order valence-corrected chi connectivity index (χ2v) is 5.33. The minimum Gasteiger partial charge on any atom is -0.481 e. The molecule has 0 amide bonds. The van der Waals surface area contributed by atoms with E-state index in [1.807, 2.05) is 0 Å². The van der Waals surface area contributed by atoms with Crippen molar-refractivity contribution < 1.29 is 24.2 Å². The maximum absolute atomic E-state index is 11.6. The van der Waals surface area contributed by atoms with E-state index < -0.39 is 23.5 Å². The number of ether oxygens (including phenoxy) is 2. The number of esters is 1. The van der Waals surface area contributed by atoms with Gasteiger partial charge in [-0.05, 0) is 33.6 Å². The van der Waals surface area contributed by atoms with Crippen LogP contribution in [0.25, 0.3) is 0 Å². The number of carboxylic acid groups (broad SMARTS) is 1. The second-order valence-electron chi connectivity index (χ2n) is 5.33. The molecule has 0 aromatic rings. The fourth-order valence-electron chi connectivity index (χ4n) is 1.50. The third kappa shape index (κ3) is 10.3. The SMILES string of the molecule is C=CCOCCC[C@H](CC(=O)OC(C)(C)C)C(=O)O. The number of carbonyl (C=O) groups is 2. The van der Waals surface area contributed by atoms with Gasteiger partial charge < -0.3 is 14.6 Å². The average Bonchev–Trinajstić information content (AvgIpc) is 2.24. The normalized spacial score (nSPS) is 12.8. The number of hydrogen-bond acceptors (Lipinski definition) is 4. The molecule has 0 rings (SSSR count). The molecule has 110 valence electrons. The lowest BCUT2D eigenvalue weighted by molar-refractivity contribution is -0.160. The first kappa shape index (κ1) is 17.6. The first-order valence-corrected chi connectivity index (χ1v) is 6.39. The predicted molar refractivity (Wildman–Crippen MR) is 71.8 cm³/mol. The van der Waals surface area contributed by atoms with Crippen LogP contribution in [0.5, 0.6) is 0 Å². The van der Waals surface area contributed by atoms with Gasteiger partial charge in [0.1, 0.15) is 5.60 Å². The highest BCUT2D eigenvalue weighted by molar-refractivity contribution is 5.78. The summed E-state index contributed by atoms with van der Waals surface area (Å²) in [6.07, 6.45) is 2.52. The van der Waals surface area contributed by atoms with E-state index in [9.17, 15) is 9.59 Å². The standard InChI is InChI=1S/C14H24O5/c1-5-8-18-9-6-7-11(13(16)17)10-12(15)19-14(2,3)4/h5,11H,1,6-10H2,2-4H3,(H,16,17)/t11-/m1/s1. The van der Waals surface area contributed by atoms with Crippen LogP contribution in [0.3, 0.4) is 0 Å². The van der Waals surface area contributed by atoms with Crippen molar-refractivity contribution in [1.82, 2.24) is 0 Å². The number of hydrogen-bond donors (Lipinski definition) is 1. The van der Waals surface area contributed by atoms with E-state index in [-0.39, 0.29) is 6.42 Å². The van der Waals surface area contributed by atoms with E-state index >= 15 is 0 Å². The van der Waals surface area contributed by atoms with Crippen LogP contribution >= 0.6 is 0 Å². The molecule has 19 heavy (non-hydrogen) atoms. The molecule has 0 aliphatic carbocycles. The van der Waals surface area contributed by atoms with Crippen LogP contribution in [-0.2, 0) is 19.1 Å². The molecular formula is C14H24O5. The highest BCUT2D eigenvalue weighted by atomic mass is 16.6. The molecule has 0 unspecified atom stereocenters. The Kier molecular flexibility index (Phi) is 8.07. The van der Waals surface area contributed by atoms with Crippen LogP contribution < -0.4 is 0 Å². The Hall–Kier alpha value is -1.36. The van der Waals surface area contributed by atoms with Crippen LogP contribution in [0.15, 0.2) is 12.7 Å². The minimum absolute atomic E-state index is 0.103. The van der Waals surface area contributed by atoms with Crippen molar-refractivity contribution >= 4 is 11.9 Å². The van der Waals surface area contributed by atoms with Crippen molar-refractivity contribution in [3.05, 3.63) is 12.7 Å². The highest BCUT2D eigenvalue weighted by Gasteiger charge is 2.24. The van der Waals surface area contributed by atoms with Crippen molar-refractivity contribution in [3.8, 4) is 0 Å². The Morgan fingerprint density at radius 1 is 1.37 bits per heavy atom. The quantitative estimate of drug-likeness (QED) is 0.396. The van der Waals surface area contributed by atoms with Crippen LogP contribution in [0, 0.1) is 5.92 Å². The summed E-state index contributed by atoms with van der Waals surface area (Å²) in [4.78, 5) is 22.6. The van der Waals surface area contributed by atoms with Gasteiger partial charge in [0.15, 0.2) is 0 Å². The summed E-state index contributed by atoms with van der Waals surface area (Å²) >= 11 is 0. The molecule has 1 atom stereocenters. The summed E-state index contributed by atoms with van der Waals surface area (Å²) < 4.78 is 10.3. The zero-order valence-electron chi connectivity index (χ0n) is 12.0. The highest BCUT2D eigenvalue weighted by Crippen LogP contribution is 2.16. The molecule has 0 aliphatic rings. The maximum Gasteiger partial charge on any atom is 0.307 e. The smallest absolute Gasteiger partial charge is 0.307 e. The molecule has 0 heterocycles. The molecule has 5 nitrogen and oxygen atoms in total. The van der Waals surface area contributed by atoms with Gasteiger partial charge >= 0.3 is 11.9 Å². The molecule has 0 saturated heterocycles. The van der Waals surface area contributed by atoms with Gasteiger partial charge in [0, 0.05) is 6.61 Å². The van der Waals surface area contributed by atoms with Gasteiger partial charge in [0.25, 0.3) is 0 Å². The Bertz CT molecular complexity index is 303. The van der Waals surface area contributed by atoms with E-state index in [1.165, 1.54) is 0 Å². The van der Waals surface area contributed by atoms with Gasteiger partial charge in [-0.15, -0.1) is 6.58 Å². The Labute approximate surface area is 114 Å². The molecule has 5 heteroatoms. The van der Waals surface area contributed by atoms with Gasteiger partial charge in [-0.25, -0.2) is 0 Å². The van der Waals surface area contributed by atoms with Crippen LogP contribution in [0.1, 0.15) is 40.0 Å². The summed E-state index contributed by atoms with van der Waals surface area (Å²) in [6, 6.07) is 0. The first-order chi connectivity index (χ1) is 8.76. The third-order valence-corrected chi connectivity index (χ3v) is 2.26. The van der Waals surface area contributed by atoms with E-state index in [1.54, 1.807) is 26.8 Å². The van der Waals surface area contributed by atoms with Crippen molar-refractivity contribution in [2.75, 3.05) is 13.2 Å². The Morgan fingerprint density at radius 3 is 2.47 bits per heavy atom. The average molecular weight is 272 g/mol. The monoisotopic (exact) mass is 272 g/mol. The molecule has 0 spiro atoms. The molecule has 0 aliphatic heterocycles. The lowest BCUT2D eigenvalue weighted by atomic mass is 10.00. The molecule has 0 aromatic heterocycles. The lowest BCUT2D eigenvalue weighted by Crippen LogP contribution is -2.27. The lowest BCUT2D eigenvalue weighted by Gasteiger charge is -2.21. The Balaban J connectivity index is 4.08. The summed E-state index contributed by atoms with van der Waals surface area (Å²) in [7, 11) is 0. The molecule has 0 radical (unpaired) electrons. The largest absolute Gasteiger partial charge is 0.481 e. The summed E-state index contributed by atoms with van der Waals surface area (Å²) in [5.74, 6) is -2.18. The van der Waals surface area contributed by atoms with Crippen molar-refractivity contribution in [3.63, 3.8) is 0 Å². The van der Waals surface area contributed by atoms with Gasteiger partial charge in [0.2, 0.25) is 0 Å². The summed E-state index contributed by atoms with van der Waals surface area (Å²) in [6.45, 7) is 9.69. The number of rotatable bonds is 9. The van der Waals surface area contributed by atoms with E-state index in [0.717, 1.165) is 0 Å². The number of aliphatic carboxylic acids is 1. The molecule has 0 aromatic carbocycles. The zero-order valence-corrected chi connectivity index (χ0v) is 12.0. The topological polar surface area (TPSA) is 72.8 Å². The van der Waals surface area contributed by atoms with Crippen molar-refractivity contribution in [2.24, 2.45) is 5.92 Å². The minimum atomic E-state index is -0.977. The van der Waals surface area contributed by atoms with Gasteiger partial charge in [-0.2, -0.15) is 0 Å². The van der Waals surface area contributed by atoms with E-state index in [4.69, 9.17) is 14.6 Å². The second kappa shape index (κ2) is 8.69. The van der Waals surface area contributed by atoms with Crippen molar-refractivity contribution in [1.29, 1.82) is 0 Å². The van der Waals surface area contributed by atoms with E-state index in [0.29, 0.717) is 26.1 Å². The number of carboxylic acids is 1. The van der Waals surface area contributed by atoms with Crippen molar-refractivity contribution in [2.45, 2.75) is 45.6 Å². The summed E-state index contributed by atoms with van der Waals surface area (Å²) in [5, 5.41) is 9.06. The Morgan fingerprint density at radius 2 is 2.00 bits per heavy atom. The maximum atomic E-state index is 11.6. The fourth-order valence-corrected chi connectivity index (χ4v) is 1.50. The van der Waals surface area contributed by atoms with E-state index in [2.05, 4.69) is 6.58 Å². The molecule has 0 bridgehead atoms. The molecule has 0 saturated carbocycles. The molecule has 0 fully saturated rings. The van der Waals surface area contributed by atoms with Crippen LogP contribution in [0.2, 0.25) is 0 Å².